The fraction of sp³-hybridized carbons (Fsp3) is 0.935. The summed E-state index contributed by atoms with van der Waals surface area (Å²) in [4.78, 5) is 25.2. The molecule has 5 aliphatic rings. The van der Waals surface area contributed by atoms with Crippen LogP contribution in [0.2, 0.25) is 0 Å². The summed E-state index contributed by atoms with van der Waals surface area (Å²) < 4.78 is 5.77. The Bertz CT molecular complexity index is 943. The number of carbonyl (C=O) groups is 2. The fourth-order valence-corrected chi connectivity index (χ4v) is 11.3. The van der Waals surface area contributed by atoms with E-state index >= 15 is 0 Å². The van der Waals surface area contributed by atoms with E-state index in [9.17, 15) is 19.8 Å². The van der Waals surface area contributed by atoms with Crippen LogP contribution in [0.25, 0.3) is 0 Å². The molecule has 5 rings (SSSR count). The number of fused-ring (bicyclic) bond motifs is 7. The number of carbonyl (C=O) groups excluding carboxylic acids is 1. The summed E-state index contributed by atoms with van der Waals surface area (Å²) in [6.07, 6.45) is 9.18. The maximum atomic E-state index is 12.6. The second-order valence-electron chi connectivity index (χ2n) is 15.7. The molecule has 5 heteroatoms. The molecule has 1 heterocycles. The second-order valence-corrected chi connectivity index (χ2v) is 15.7. The van der Waals surface area contributed by atoms with Crippen LogP contribution in [0.1, 0.15) is 119 Å². The molecular formula is C31H50O5. The van der Waals surface area contributed by atoms with Crippen molar-refractivity contribution in [1.82, 2.24) is 0 Å². The Morgan fingerprint density at radius 2 is 1.56 bits per heavy atom. The van der Waals surface area contributed by atoms with Crippen LogP contribution in [0.5, 0.6) is 0 Å². The monoisotopic (exact) mass is 502 g/mol. The van der Waals surface area contributed by atoms with E-state index in [2.05, 4.69) is 41.5 Å². The van der Waals surface area contributed by atoms with Crippen molar-refractivity contribution in [2.45, 2.75) is 131 Å². The topological polar surface area (TPSA) is 83.8 Å². The minimum atomic E-state index is -1.07. The van der Waals surface area contributed by atoms with Crippen LogP contribution < -0.4 is 0 Å². The average Bonchev–Trinajstić information content (AvgIpc) is 2.86. The maximum Gasteiger partial charge on any atom is 0.335 e. The predicted molar refractivity (Wildman–Crippen MR) is 139 cm³/mol. The van der Waals surface area contributed by atoms with Crippen molar-refractivity contribution >= 4 is 11.9 Å². The van der Waals surface area contributed by atoms with Crippen molar-refractivity contribution in [2.24, 2.45) is 50.2 Å². The molecule has 5 nitrogen and oxygen atoms in total. The summed E-state index contributed by atoms with van der Waals surface area (Å²) in [5.74, 6) is -0.131. The van der Waals surface area contributed by atoms with Crippen molar-refractivity contribution < 1.29 is 24.5 Å². The van der Waals surface area contributed by atoms with Gasteiger partial charge in [-0.15, -0.1) is 0 Å². The highest BCUT2D eigenvalue weighted by molar-refractivity contribution is 5.75. The molecule has 0 bridgehead atoms. The fourth-order valence-electron chi connectivity index (χ4n) is 11.3. The summed E-state index contributed by atoms with van der Waals surface area (Å²) in [7, 11) is 0. The van der Waals surface area contributed by atoms with Crippen LogP contribution in [-0.2, 0) is 14.3 Å². The molecule has 0 aromatic rings. The van der Waals surface area contributed by atoms with Crippen LogP contribution >= 0.6 is 0 Å². The molecule has 36 heavy (non-hydrogen) atoms. The molecule has 10 atom stereocenters. The third kappa shape index (κ3) is 3.42. The molecule has 3 unspecified atom stereocenters. The lowest BCUT2D eigenvalue weighted by Gasteiger charge is -2.74. The lowest BCUT2D eigenvalue weighted by Crippen LogP contribution is -2.68. The number of carboxylic acids is 1. The zero-order valence-electron chi connectivity index (χ0n) is 23.8. The highest BCUT2D eigenvalue weighted by Gasteiger charge is 2.72. The molecule has 4 saturated carbocycles. The van der Waals surface area contributed by atoms with Crippen molar-refractivity contribution in [1.29, 1.82) is 0 Å². The Morgan fingerprint density at radius 1 is 0.889 bits per heavy atom. The zero-order chi connectivity index (χ0) is 26.5. The van der Waals surface area contributed by atoms with Gasteiger partial charge in [0.1, 0.15) is 6.10 Å². The SMILES string of the molecule is C[C@H]1OC(=O)[C@@H](O)CC2[C@]3(C)CC[C@@]4(CC(=O)O)C5CC(C)(C)CC[C@]5(C)CC[C@]4(C)C3CC[C@@]21C. The number of cyclic esters (lactones) is 1. The number of rotatable bonds is 2. The Morgan fingerprint density at radius 3 is 2.22 bits per heavy atom. The first-order valence-electron chi connectivity index (χ1n) is 14.6. The van der Waals surface area contributed by atoms with Gasteiger partial charge < -0.3 is 14.9 Å². The average molecular weight is 503 g/mol. The normalized spacial score (nSPS) is 54.1. The molecule has 1 aliphatic heterocycles. The van der Waals surface area contributed by atoms with Gasteiger partial charge in [0.05, 0.1) is 6.42 Å². The van der Waals surface area contributed by atoms with Crippen LogP contribution in [-0.4, -0.2) is 34.4 Å². The molecule has 4 aliphatic carbocycles. The van der Waals surface area contributed by atoms with E-state index in [1.54, 1.807) is 0 Å². The number of hydrogen-bond donors (Lipinski definition) is 2. The Labute approximate surface area is 218 Å². The summed E-state index contributed by atoms with van der Waals surface area (Å²) in [6, 6.07) is 0. The third-order valence-electron chi connectivity index (χ3n) is 13.6. The van der Waals surface area contributed by atoms with Crippen molar-refractivity contribution in [3.8, 4) is 0 Å². The van der Waals surface area contributed by atoms with Crippen LogP contribution in [0.3, 0.4) is 0 Å². The Kier molecular flexibility index (Phi) is 5.86. The van der Waals surface area contributed by atoms with Gasteiger partial charge in [0.2, 0.25) is 0 Å². The molecule has 5 fully saturated rings. The molecule has 0 spiro atoms. The van der Waals surface area contributed by atoms with Gasteiger partial charge in [-0.25, -0.2) is 4.79 Å². The zero-order valence-corrected chi connectivity index (χ0v) is 23.8. The minimum absolute atomic E-state index is 0.0507. The van der Waals surface area contributed by atoms with Gasteiger partial charge in [-0.3, -0.25) is 4.79 Å². The minimum Gasteiger partial charge on any atom is -0.481 e. The first kappa shape index (κ1) is 26.5. The number of aliphatic hydroxyl groups excluding tert-OH is 1. The van der Waals surface area contributed by atoms with E-state index < -0.39 is 18.0 Å². The summed E-state index contributed by atoms with van der Waals surface area (Å²) in [6.45, 7) is 16.4. The molecular weight excluding hydrogens is 452 g/mol. The van der Waals surface area contributed by atoms with Crippen molar-refractivity contribution in [3.05, 3.63) is 0 Å². The maximum absolute atomic E-state index is 12.6. The molecule has 0 aromatic heterocycles. The van der Waals surface area contributed by atoms with Gasteiger partial charge in [-0.05, 0) is 116 Å². The van der Waals surface area contributed by atoms with E-state index in [0.717, 1.165) is 38.5 Å². The number of ether oxygens (including phenoxy) is 1. The van der Waals surface area contributed by atoms with Crippen molar-refractivity contribution in [3.63, 3.8) is 0 Å². The number of hydrogen-bond acceptors (Lipinski definition) is 4. The van der Waals surface area contributed by atoms with Crippen molar-refractivity contribution in [2.75, 3.05) is 0 Å². The van der Waals surface area contributed by atoms with Gasteiger partial charge in [-0.2, -0.15) is 0 Å². The van der Waals surface area contributed by atoms with E-state index in [1.165, 1.54) is 19.3 Å². The highest BCUT2D eigenvalue weighted by atomic mass is 16.6. The lowest BCUT2D eigenvalue weighted by atomic mass is 9.30. The van der Waals surface area contributed by atoms with Crippen LogP contribution in [0, 0.1) is 50.2 Å². The number of aliphatic hydroxyl groups is 1. The summed E-state index contributed by atoms with van der Waals surface area (Å²) in [5.41, 5.74) is -0.0269. The standard InChI is InChI=1S/C31H50O5/c1-19-28(5)9-8-21-29(6,22(28)16-20(32)25(35)36-19)13-15-31(18-24(33)34)23-17-26(2,3)10-11-27(23,4)12-14-30(21,31)7/h19-23,32H,8-18H2,1-7H3,(H,33,34)/t19-,20+,21?,22?,23?,27-,28-,29-,30-,31-/m1/s1. The molecule has 1 saturated heterocycles. The third-order valence-corrected chi connectivity index (χ3v) is 13.6. The summed E-state index contributed by atoms with van der Waals surface area (Å²) in [5, 5.41) is 21.1. The highest BCUT2D eigenvalue weighted by Crippen LogP contribution is 2.78. The van der Waals surface area contributed by atoms with Gasteiger partial charge in [0.15, 0.2) is 6.10 Å². The van der Waals surface area contributed by atoms with Crippen LogP contribution in [0.4, 0.5) is 0 Å². The van der Waals surface area contributed by atoms with E-state index in [-0.39, 0.29) is 50.9 Å². The van der Waals surface area contributed by atoms with E-state index in [4.69, 9.17) is 4.74 Å². The number of aliphatic carboxylic acids is 1. The first-order chi connectivity index (χ1) is 16.5. The number of esters is 1. The molecule has 2 N–H and O–H groups in total. The Balaban J connectivity index is 1.62. The van der Waals surface area contributed by atoms with Gasteiger partial charge in [0, 0.05) is 5.41 Å². The first-order valence-corrected chi connectivity index (χ1v) is 14.6. The van der Waals surface area contributed by atoms with Gasteiger partial charge in [0.25, 0.3) is 0 Å². The van der Waals surface area contributed by atoms with E-state index in [0.29, 0.717) is 18.3 Å². The Hall–Kier alpha value is -1.10. The second kappa shape index (κ2) is 7.96. The van der Waals surface area contributed by atoms with Gasteiger partial charge in [-0.1, -0.05) is 41.5 Å². The largest absolute Gasteiger partial charge is 0.481 e. The smallest absolute Gasteiger partial charge is 0.335 e. The predicted octanol–water partition coefficient (Wildman–Crippen LogP) is 6.61. The summed E-state index contributed by atoms with van der Waals surface area (Å²) >= 11 is 0. The molecule has 0 aromatic carbocycles. The quantitative estimate of drug-likeness (QED) is 0.415. The number of carboxylic acid groups (broad SMARTS) is 1. The molecule has 0 amide bonds. The van der Waals surface area contributed by atoms with Crippen LogP contribution in [0.15, 0.2) is 0 Å². The molecule has 204 valence electrons. The van der Waals surface area contributed by atoms with E-state index in [1.807, 2.05) is 6.92 Å². The van der Waals surface area contributed by atoms with Gasteiger partial charge >= 0.3 is 11.9 Å². The lowest BCUT2D eigenvalue weighted by molar-refractivity contribution is -0.264. The molecule has 0 radical (unpaired) electrons.